The van der Waals surface area contributed by atoms with E-state index in [0.29, 0.717) is 0 Å². The number of carbonyl (C=O) groups is 1. The summed E-state index contributed by atoms with van der Waals surface area (Å²) in [6.45, 7) is 0. The topological polar surface area (TPSA) is 61.1 Å². The van der Waals surface area contributed by atoms with Gasteiger partial charge in [-0.1, -0.05) is 0 Å². The van der Waals surface area contributed by atoms with E-state index in [9.17, 15) is 18.0 Å². The monoisotopic (exact) mass is 309 g/mol. The minimum Gasteiger partial charge on any atom is -0.481 e. The lowest BCUT2D eigenvalue weighted by molar-refractivity contribution is -0.136. The Morgan fingerprint density at radius 2 is 2.11 bits per heavy atom. The molecule has 0 aromatic heterocycles. The van der Waals surface area contributed by atoms with Gasteiger partial charge in [0.25, 0.3) is 0 Å². The maximum atomic E-state index is 12.4. The van der Waals surface area contributed by atoms with Gasteiger partial charge in [-0.3, -0.25) is 4.79 Å². The van der Waals surface area contributed by atoms with Crippen LogP contribution in [0.15, 0.2) is 17.0 Å². The predicted octanol–water partition coefficient (Wildman–Crippen LogP) is 3.54. The highest BCUT2D eigenvalue weighted by Crippen LogP contribution is 2.40. The van der Waals surface area contributed by atoms with E-state index < -0.39 is 29.7 Å². The predicted molar refractivity (Wildman–Crippen MR) is 64.0 cm³/mol. The van der Waals surface area contributed by atoms with Crippen molar-refractivity contribution in [2.24, 2.45) is 0 Å². The van der Waals surface area contributed by atoms with Crippen molar-refractivity contribution < 1.29 is 23.1 Å². The number of nitriles is 1. The fraction of sp³-hybridized carbons (Fsp3) is 0.273. The summed E-state index contributed by atoms with van der Waals surface area (Å²) in [6, 6.07) is 4.04. The third-order valence-electron chi connectivity index (χ3n) is 2.13. The lowest BCUT2D eigenvalue weighted by Gasteiger charge is -2.13. The molecule has 0 fully saturated rings. The van der Waals surface area contributed by atoms with Gasteiger partial charge < -0.3 is 5.11 Å². The molecule has 0 saturated heterocycles. The molecule has 1 N–H and O–H groups in total. The molecule has 0 aliphatic rings. The Bertz CT molecular complexity index is 540. The van der Waals surface area contributed by atoms with E-state index in [-0.39, 0.29) is 27.5 Å². The third kappa shape index (κ3) is 4.65. The molecule has 0 unspecified atom stereocenters. The molecule has 0 radical (unpaired) electrons. The van der Waals surface area contributed by atoms with Crippen LogP contribution in [-0.4, -0.2) is 16.6 Å². The highest BCUT2D eigenvalue weighted by molar-refractivity contribution is 8.00. The van der Waals surface area contributed by atoms with Crippen LogP contribution in [0.25, 0.3) is 0 Å². The van der Waals surface area contributed by atoms with Gasteiger partial charge in [0.05, 0.1) is 18.1 Å². The molecule has 0 aliphatic heterocycles. The van der Waals surface area contributed by atoms with Crippen molar-refractivity contribution >= 4 is 29.3 Å². The fourth-order valence-corrected chi connectivity index (χ4v) is 2.45. The first-order valence-corrected chi connectivity index (χ1v) is 6.21. The maximum Gasteiger partial charge on any atom is 0.446 e. The SMILES string of the molecule is N#Cc1cc(CCl)c(CC(=O)O)c(SC(F)(F)F)c1. The Balaban J connectivity index is 3.37. The van der Waals surface area contributed by atoms with Crippen molar-refractivity contribution in [2.75, 3.05) is 0 Å². The fourth-order valence-electron chi connectivity index (χ4n) is 1.45. The van der Waals surface area contributed by atoms with Crippen LogP contribution in [-0.2, 0) is 17.1 Å². The molecule has 1 aromatic rings. The van der Waals surface area contributed by atoms with Gasteiger partial charge in [-0.2, -0.15) is 18.4 Å². The summed E-state index contributed by atoms with van der Waals surface area (Å²) in [6.07, 6.45) is -0.577. The summed E-state index contributed by atoms with van der Waals surface area (Å²) >= 11 is 5.15. The second-order valence-corrected chi connectivity index (χ2v) is 4.85. The van der Waals surface area contributed by atoms with Gasteiger partial charge in [0, 0.05) is 10.8 Å². The smallest absolute Gasteiger partial charge is 0.446 e. The largest absolute Gasteiger partial charge is 0.481 e. The first kappa shape index (κ1) is 15.7. The Morgan fingerprint density at radius 1 is 1.47 bits per heavy atom. The van der Waals surface area contributed by atoms with Crippen LogP contribution in [0, 0.1) is 11.3 Å². The molecule has 0 bridgehead atoms. The summed E-state index contributed by atoms with van der Waals surface area (Å²) in [5.41, 5.74) is -4.35. The molecule has 0 spiro atoms. The van der Waals surface area contributed by atoms with Crippen molar-refractivity contribution in [2.45, 2.75) is 22.7 Å². The van der Waals surface area contributed by atoms with Crippen molar-refractivity contribution in [3.8, 4) is 6.07 Å². The summed E-state index contributed by atoms with van der Waals surface area (Å²) in [5, 5.41) is 17.5. The standard InChI is InChI=1S/C11H7ClF3NO2S/c12-4-7-1-6(5-16)2-9(19-11(13,14)15)8(7)3-10(17)18/h1-2H,3-4H2,(H,17,18). The molecule has 0 amide bonds. The van der Waals surface area contributed by atoms with Gasteiger partial charge in [0.15, 0.2) is 0 Å². The van der Waals surface area contributed by atoms with Gasteiger partial charge >= 0.3 is 11.5 Å². The van der Waals surface area contributed by atoms with Gasteiger partial charge in [0.1, 0.15) is 0 Å². The number of nitrogens with zero attached hydrogens (tertiary/aromatic N) is 1. The van der Waals surface area contributed by atoms with Crippen molar-refractivity contribution in [3.63, 3.8) is 0 Å². The molecular weight excluding hydrogens is 303 g/mol. The highest BCUT2D eigenvalue weighted by Gasteiger charge is 2.31. The molecule has 8 heteroatoms. The quantitative estimate of drug-likeness (QED) is 0.682. The summed E-state index contributed by atoms with van der Waals surface area (Å²) in [5.74, 6) is -1.43. The molecule has 0 aliphatic carbocycles. The van der Waals surface area contributed by atoms with Gasteiger partial charge in [-0.05, 0) is 35.0 Å². The zero-order valence-corrected chi connectivity index (χ0v) is 10.9. The zero-order chi connectivity index (χ0) is 14.6. The maximum absolute atomic E-state index is 12.4. The van der Waals surface area contributed by atoms with Crippen molar-refractivity contribution in [1.82, 2.24) is 0 Å². The number of hydrogen-bond acceptors (Lipinski definition) is 3. The number of aliphatic carboxylic acids is 1. The first-order chi connectivity index (χ1) is 8.76. The summed E-state index contributed by atoms with van der Waals surface area (Å²) < 4.78 is 37.3. The van der Waals surface area contributed by atoms with E-state index in [1.54, 1.807) is 6.07 Å². The van der Waals surface area contributed by atoms with Crippen LogP contribution in [0.4, 0.5) is 13.2 Å². The first-order valence-electron chi connectivity index (χ1n) is 4.86. The molecular formula is C11H7ClF3NO2S. The summed E-state index contributed by atoms with van der Waals surface area (Å²) in [4.78, 5) is 10.4. The van der Waals surface area contributed by atoms with E-state index in [1.807, 2.05) is 0 Å². The Labute approximate surface area is 116 Å². The number of hydrogen-bond donors (Lipinski definition) is 1. The molecule has 19 heavy (non-hydrogen) atoms. The highest BCUT2D eigenvalue weighted by atomic mass is 35.5. The lowest BCUT2D eigenvalue weighted by atomic mass is 10.0. The number of halogens is 4. The van der Waals surface area contributed by atoms with Crippen LogP contribution < -0.4 is 0 Å². The molecule has 102 valence electrons. The molecule has 0 heterocycles. The minimum absolute atomic E-state index is 0.0103. The molecule has 3 nitrogen and oxygen atoms in total. The Morgan fingerprint density at radius 3 is 2.53 bits per heavy atom. The third-order valence-corrected chi connectivity index (χ3v) is 3.23. The molecule has 1 aromatic carbocycles. The average Bonchev–Trinajstić information content (AvgIpc) is 2.28. The molecule has 0 atom stereocenters. The Hall–Kier alpha value is -1.39. The second-order valence-electron chi connectivity index (χ2n) is 3.48. The average molecular weight is 310 g/mol. The van der Waals surface area contributed by atoms with Gasteiger partial charge in [0.2, 0.25) is 0 Å². The van der Waals surface area contributed by atoms with E-state index in [1.165, 1.54) is 6.07 Å². The van der Waals surface area contributed by atoms with Crippen LogP contribution in [0.5, 0.6) is 0 Å². The van der Waals surface area contributed by atoms with Gasteiger partial charge in [-0.25, -0.2) is 0 Å². The minimum atomic E-state index is -4.56. The van der Waals surface area contributed by atoms with Crippen LogP contribution in [0.1, 0.15) is 16.7 Å². The van der Waals surface area contributed by atoms with E-state index in [4.69, 9.17) is 22.0 Å². The molecule has 1 rings (SSSR count). The van der Waals surface area contributed by atoms with Crippen LogP contribution in [0.3, 0.4) is 0 Å². The second kappa shape index (κ2) is 6.17. The van der Waals surface area contributed by atoms with Gasteiger partial charge in [-0.15, -0.1) is 11.6 Å². The van der Waals surface area contributed by atoms with E-state index in [2.05, 4.69) is 0 Å². The number of carboxylic acids is 1. The van der Waals surface area contributed by atoms with E-state index >= 15 is 0 Å². The number of thioether (sulfide) groups is 1. The number of carboxylic acid groups (broad SMARTS) is 1. The number of benzene rings is 1. The van der Waals surface area contributed by atoms with Crippen molar-refractivity contribution in [1.29, 1.82) is 5.26 Å². The summed E-state index contributed by atoms with van der Waals surface area (Å²) in [7, 11) is 0. The van der Waals surface area contributed by atoms with E-state index in [0.717, 1.165) is 6.07 Å². The van der Waals surface area contributed by atoms with Crippen LogP contribution >= 0.6 is 23.4 Å². The zero-order valence-electron chi connectivity index (χ0n) is 9.29. The number of alkyl halides is 4. The normalized spacial score (nSPS) is 11.1. The van der Waals surface area contributed by atoms with Crippen LogP contribution in [0.2, 0.25) is 0 Å². The lowest BCUT2D eigenvalue weighted by Crippen LogP contribution is -2.08. The molecule has 0 saturated carbocycles. The Kier molecular flexibility index (Phi) is 5.09. The number of rotatable bonds is 4. The van der Waals surface area contributed by atoms with Crippen molar-refractivity contribution in [3.05, 3.63) is 28.8 Å².